The van der Waals surface area contributed by atoms with Gasteiger partial charge in [-0.2, -0.15) is 0 Å². The van der Waals surface area contributed by atoms with Gasteiger partial charge >= 0.3 is 0 Å². The minimum atomic E-state index is -0.586. The molecule has 0 saturated carbocycles. The topological polar surface area (TPSA) is 47.6 Å². The Hall–Kier alpha value is -1.62. The molecule has 1 fully saturated rings. The van der Waals surface area contributed by atoms with Crippen LogP contribution in [0.4, 0.5) is 4.39 Å². The molecule has 1 aliphatic rings. The van der Waals surface area contributed by atoms with Gasteiger partial charge < -0.3 is 14.8 Å². The average molecular weight is 267 g/mol. The number of ether oxygens (including phenoxy) is 2. The van der Waals surface area contributed by atoms with E-state index in [2.05, 4.69) is 5.32 Å². The number of hydrogen-bond donors (Lipinski definition) is 1. The Morgan fingerprint density at radius 3 is 2.89 bits per heavy atom. The second-order valence-corrected chi connectivity index (χ2v) is 5.02. The fraction of sp³-hybridized carbons (Fsp3) is 0.500. The molecule has 19 heavy (non-hydrogen) atoms. The van der Waals surface area contributed by atoms with Crippen molar-refractivity contribution in [1.29, 1.82) is 0 Å². The lowest BCUT2D eigenvalue weighted by atomic mass is 9.94. The summed E-state index contributed by atoms with van der Waals surface area (Å²) in [6, 6.07) is 4.20. The maximum Gasteiger partial charge on any atom is 0.254 e. The van der Waals surface area contributed by atoms with E-state index in [9.17, 15) is 9.18 Å². The van der Waals surface area contributed by atoms with Crippen LogP contribution in [0.3, 0.4) is 0 Å². The Bertz CT molecular complexity index is 470. The van der Waals surface area contributed by atoms with Gasteiger partial charge in [-0.15, -0.1) is 0 Å². The summed E-state index contributed by atoms with van der Waals surface area (Å²) in [4.78, 5) is 12.1. The van der Waals surface area contributed by atoms with E-state index in [1.54, 1.807) is 6.07 Å². The minimum absolute atomic E-state index is 0.0209. The van der Waals surface area contributed by atoms with E-state index < -0.39 is 17.3 Å². The van der Waals surface area contributed by atoms with Crippen LogP contribution in [-0.2, 0) is 4.74 Å². The first kappa shape index (κ1) is 13.8. The van der Waals surface area contributed by atoms with E-state index >= 15 is 0 Å². The van der Waals surface area contributed by atoms with Crippen LogP contribution in [0.1, 0.15) is 30.1 Å². The zero-order chi connectivity index (χ0) is 13.9. The molecule has 4 nitrogen and oxygen atoms in total. The second-order valence-electron chi connectivity index (χ2n) is 5.02. The number of benzene rings is 1. The Morgan fingerprint density at radius 1 is 1.53 bits per heavy atom. The smallest absolute Gasteiger partial charge is 0.254 e. The van der Waals surface area contributed by atoms with Gasteiger partial charge in [0.2, 0.25) is 0 Å². The predicted octanol–water partition coefficient (Wildman–Crippen LogP) is 2.13. The zero-order valence-electron chi connectivity index (χ0n) is 11.2. The molecule has 1 unspecified atom stereocenters. The molecule has 5 heteroatoms. The lowest BCUT2D eigenvalue weighted by Crippen LogP contribution is -2.51. The molecule has 0 spiro atoms. The fourth-order valence-corrected chi connectivity index (χ4v) is 2.18. The number of hydrogen-bond acceptors (Lipinski definition) is 3. The van der Waals surface area contributed by atoms with Crippen molar-refractivity contribution < 1.29 is 18.7 Å². The van der Waals surface area contributed by atoms with E-state index in [0.29, 0.717) is 19.0 Å². The summed E-state index contributed by atoms with van der Waals surface area (Å²) in [6.45, 7) is 3.07. The first-order valence-corrected chi connectivity index (χ1v) is 6.28. The van der Waals surface area contributed by atoms with Crippen molar-refractivity contribution in [3.05, 3.63) is 29.6 Å². The van der Waals surface area contributed by atoms with E-state index in [-0.39, 0.29) is 5.56 Å². The van der Waals surface area contributed by atoms with E-state index in [0.717, 1.165) is 12.8 Å². The quantitative estimate of drug-likeness (QED) is 0.912. The Balaban J connectivity index is 2.11. The molecule has 1 aromatic carbocycles. The predicted molar refractivity (Wildman–Crippen MR) is 68.9 cm³/mol. The highest BCUT2D eigenvalue weighted by Crippen LogP contribution is 2.21. The summed E-state index contributed by atoms with van der Waals surface area (Å²) in [5.41, 5.74) is -0.408. The summed E-state index contributed by atoms with van der Waals surface area (Å²) < 4.78 is 24.1. The van der Waals surface area contributed by atoms with Gasteiger partial charge in [0.15, 0.2) is 0 Å². The number of methoxy groups -OCH3 is 1. The molecule has 0 aliphatic carbocycles. The molecule has 1 N–H and O–H groups in total. The molecular formula is C14H18FNO3. The molecule has 1 amide bonds. The summed E-state index contributed by atoms with van der Waals surface area (Å²) >= 11 is 0. The third-order valence-electron chi connectivity index (χ3n) is 3.27. The highest BCUT2D eigenvalue weighted by Gasteiger charge is 2.30. The Morgan fingerprint density at radius 2 is 2.32 bits per heavy atom. The highest BCUT2D eigenvalue weighted by molar-refractivity contribution is 5.95. The molecule has 1 aliphatic heterocycles. The average Bonchev–Trinajstić information content (AvgIpc) is 2.38. The first-order valence-electron chi connectivity index (χ1n) is 6.28. The van der Waals surface area contributed by atoms with Gasteiger partial charge in [0, 0.05) is 12.7 Å². The first-order chi connectivity index (χ1) is 9.04. The van der Waals surface area contributed by atoms with Crippen molar-refractivity contribution in [3.63, 3.8) is 0 Å². The second kappa shape index (κ2) is 5.57. The van der Waals surface area contributed by atoms with Crippen LogP contribution in [0.15, 0.2) is 18.2 Å². The summed E-state index contributed by atoms with van der Waals surface area (Å²) in [6.07, 6.45) is 1.72. The molecule has 0 bridgehead atoms. The number of rotatable bonds is 3. The van der Waals surface area contributed by atoms with Crippen molar-refractivity contribution in [3.8, 4) is 5.75 Å². The molecule has 104 valence electrons. The molecule has 0 radical (unpaired) electrons. The Kier molecular flexibility index (Phi) is 4.04. The highest BCUT2D eigenvalue weighted by atomic mass is 19.1. The van der Waals surface area contributed by atoms with Crippen LogP contribution >= 0.6 is 0 Å². The number of nitrogens with one attached hydrogen (secondary N) is 1. The van der Waals surface area contributed by atoms with Gasteiger partial charge in [-0.3, -0.25) is 4.79 Å². The molecule has 1 atom stereocenters. The van der Waals surface area contributed by atoms with Crippen molar-refractivity contribution in [2.45, 2.75) is 25.3 Å². The van der Waals surface area contributed by atoms with Gasteiger partial charge in [-0.25, -0.2) is 4.39 Å². The standard InChI is InChI=1S/C14H18FNO3/c1-14(6-3-7-19-9-14)16-13(17)11-5-4-10(18-2)8-12(11)15/h4-5,8H,3,6-7,9H2,1-2H3,(H,16,17). The normalized spacial score (nSPS) is 22.9. The van der Waals surface area contributed by atoms with Gasteiger partial charge in [-0.1, -0.05) is 0 Å². The van der Waals surface area contributed by atoms with Crippen LogP contribution < -0.4 is 10.1 Å². The zero-order valence-corrected chi connectivity index (χ0v) is 11.2. The van der Waals surface area contributed by atoms with Crippen LogP contribution in [0.5, 0.6) is 5.75 Å². The summed E-state index contributed by atoms with van der Waals surface area (Å²) in [7, 11) is 1.45. The molecule has 1 heterocycles. The van der Waals surface area contributed by atoms with Gasteiger partial charge in [0.1, 0.15) is 11.6 Å². The van der Waals surface area contributed by atoms with Crippen molar-refractivity contribution in [2.24, 2.45) is 0 Å². The maximum absolute atomic E-state index is 13.8. The SMILES string of the molecule is COc1ccc(C(=O)NC2(C)CCCOC2)c(F)c1. The monoisotopic (exact) mass is 267 g/mol. The van der Waals surface area contributed by atoms with E-state index in [1.165, 1.54) is 19.2 Å². The van der Waals surface area contributed by atoms with E-state index in [1.807, 2.05) is 6.92 Å². The van der Waals surface area contributed by atoms with Gasteiger partial charge in [-0.05, 0) is 31.9 Å². The minimum Gasteiger partial charge on any atom is -0.497 e. The number of amides is 1. The number of halogens is 1. The number of carbonyl (C=O) groups is 1. The molecule has 2 rings (SSSR count). The maximum atomic E-state index is 13.8. The largest absolute Gasteiger partial charge is 0.497 e. The van der Waals surface area contributed by atoms with E-state index in [4.69, 9.17) is 9.47 Å². The third kappa shape index (κ3) is 3.23. The molecule has 1 aromatic rings. The van der Waals surface area contributed by atoms with Gasteiger partial charge in [0.25, 0.3) is 5.91 Å². The summed E-state index contributed by atoms with van der Waals surface area (Å²) in [5.74, 6) is -0.619. The van der Waals surface area contributed by atoms with Crippen LogP contribution in [0, 0.1) is 5.82 Å². The third-order valence-corrected chi connectivity index (χ3v) is 3.27. The molecular weight excluding hydrogens is 249 g/mol. The van der Waals surface area contributed by atoms with Crippen molar-refractivity contribution in [2.75, 3.05) is 20.3 Å². The Labute approximate surface area is 111 Å². The van der Waals surface area contributed by atoms with Crippen LogP contribution in [-0.4, -0.2) is 31.8 Å². The number of carbonyl (C=O) groups excluding carboxylic acids is 1. The van der Waals surface area contributed by atoms with Crippen LogP contribution in [0.25, 0.3) is 0 Å². The summed E-state index contributed by atoms with van der Waals surface area (Å²) in [5, 5.41) is 2.85. The lowest BCUT2D eigenvalue weighted by Gasteiger charge is -2.34. The fourth-order valence-electron chi connectivity index (χ4n) is 2.18. The van der Waals surface area contributed by atoms with Crippen LogP contribution in [0.2, 0.25) is 0 Å². The van der Waals surface area contributed by atoms with Crippen molar-refractivity contribution >= 4 is 5.91 Å². The van der Waals surface area contributed by atoms with Gasteiger partial charge in [0.05, 0.1) is 24.8 Å². The lowest BCUT2D eigenvalue weighted by molar-refractivity contribution is 0.0271. The molecule has 0 aromatic heterocycles. The van der Waals surface area contributed by atoms with Crippen molar-refractivity contribution in [1.82, 2.24) is 5.32 Å². The molecule has 1 saturated heterocycles.